The summed E-state index contributed by atoms with van der Waals surface area (Å²) in [5.74, 6) is 0.548. The van der Waals surface area contributed by atoms with Gasteiger partial charge >= 0.3 is 0 Å². The van der Waals surface area contributed by atoms with Gasteiger partial charge in [0.05, 0.1) is 6.10 Å². The van der Waals surface area contributed by atoms with Gasteiger partial charge in [-0.05, 0) is 44.1 Å². The Morgan fingerprint density at radius 2 is 1.89 bits per heavy atom. The van der Waals surface area contributed by atoms with Crippen molar-refractivity contribution in [1.29, 1.82) is 0 Å². The zero-order valence-corrected chi connectivity index (χ0v) is 12.3. The average Bonchev–Trinajstić information content (AvgIpc) is 2.21. The fourth-order valence-corrected chi connectivity index (χ4v) is 2.03. The minimum absolute atomic E-state index is 0.0712. The zero-order chi connectivity index (χ0) is 14.2. The quantitative estimate of drug-likeness (QED) is 0.620. The van der Waals surface area contributed by atoms with Gasteiger partial charge in [0.15, 0.2) is 0 Å². The first kappa shape index (κ1) is 17.4. The van der Waals surface area contributed by atoms with Gasteiger partial charge in [-0.15, -0.1) is 0 Å². The van der Waals surface area contributed by atoms with Crippen LogP contribution in [0.3, 0.4) is 0 Å². The summed E-state index contributed by atoms with van der Waals surface area (Å²) in [5, 5.41) is 11.9. The summed E-state index contributed by atoms with van der Waals surface area (Å²) in [6, 6.07) is 0. The number of nitrogens with one attached hydrogen (secondary N) is 1. The molecule has 0 rings (SSSR count). The van der Waals surface area contributed by atoms with E-state index in [2.05, 4.69) is 26.1 Å². The van der Waals surface area contributed by atoms with Crippen LogP contribution in [0.25, 0.3) is 0 Å². The van der Waals surface area contributed by atoms with Gasteiger partial charge in [0.2, 0.25) is 5.91 Å². The molecule has 0 saturated carbocycles. The first-order chi connectivity index (χ1) is 8.27. The molecule has 0 aliphatic carbocycles. The van der Waals surface area contributed by atoms with Crippen molar-refractivity contribution in [2.75, 3.05) is 13.1 Å². The summed E-state index contributed by atoms with van der Waals surface area (Å²) in [7, 11) is 0. The number of aliphatic hydroxyl groups excluding tert-OH is 1. The largest absolute Gasteiger partial charge is 0.393 e. The molecular formula is C14H30N2O2. The molecule has 0 aromatic heterocycles. The van der Waals surface area contributed by atoms with Crippen LogP contribution in [0.15, 0.2) is 0 Å². The number of carbonyl (C=O) groups excluding carboxylic acids is 1. The fourth-order valence-electron chi connectivity index (χ4n) is 2.03. The smallest absolute Gasteiger partial charge is 0.220 e. The molecule has 0 radical (unpaired) electrons. The van der Waals surface area contributed by atoms with E-state index in [0.717, 1.165) is 12.8 Å². The Kier molecular flexibility index (Phi) is 8.20. The maximum Gasteiger partial charge on any atom is 0.220 e. The molecule has 108 valence electrons. The molecule has 0 aliphatic heterocycles. The lowest BCUT2D eigenvalue weighted by molar-refractivity contribution is -0.121. The molecule has 0 bridgehead atoms. The first-order valence-electron chi connectivity index (χ1n) is 6.92. The van der Waals surface area contributed by atoms with Crippen LogP contribution in [0.2, 0.25) is 0 Å². The number of amides is 1. The first-order valence-corrected chi connectivity index (χ1v) is 6.92. The monoisotopic (exact) mass is 258 g/mol. The van der Waals surface area contributed by atoms with E-state index in [1.54, 1.807) is 6.92 Å². The second kappa shape index (κ2) is 8.48. The summed E-state index contributed by atoms with van der Waals surface area (Å²) in [6.07, 6.45) is 2.63. The molecule has 18 heavy (non-hydrogen) atoms. The van der Waals surface area contributed by atoms with Gasteiger partial charge in [-0.1, -0.05) is 20.8 Å². The Hall–Kier alpha value is -0.610. The molecule has 2 atom stereocenters. The van der Waals surface area contributed by atoms with Crippen molar-refractivity contribution in [2.24, 2.45) is 17.1 Å². The number of hydrogen-bond acceptors (Lipinski definition) is 3. The van der Waals surface area contributed by atoms with E-state index in [1.807, 2.05) is 0 Å². The number of carbonyl (C=O) groups is 1. The lowest BCUT2D eigenvalue weighted by Crippen LogP contribution is -2.29. The highest BCUT2D eigenvalue weighted by Gasteiger charge is 2.24. The topological polar surface area (TPSA) is 75.3 Å². The van der Waals surface area contributed by atoms with Crippen LogP contribution in [-0.2, 0) is 4.79 Å². The molecule has 0 aromatic carbocycles. The Labute approximate surface area is 111 Å². The highest BCUT2D eigenvalue weighted by molar-refractivity contribution is 5.75. The summed E-state index contributed by atoms with van der Waals surface area (Å²) in [6.45, 7) is 9.53. The molecule has 0 aromatic rings. The Balaban J connectivity index is 3.93. The molecule has 0 fully saturated rings. The van der Waals surface area contributed by atoms with Crippen molar-refractivity contribution in [3.8, 4) is 0 Å². The maximum atomic E-state index is 11.6. The van der Waals surface area contributed by atoms with Crippen molar-refractivity contribution in [3.63, 3.8) is 0 Å². The van der Waals surface area contributed by atoms with Gasteiger partial charge in [-0.3, -0.25) is 4.79 Å². The van der Waals surface area contributed by atoms with Gasteiger partial charge in [-0.2, -0.15) is 0 Å². The Bertz CT molecular complexity index is 234. The summed E-state index contributed by atoms with van der Waals surface area (Å²) < 4.78 is 0. The number of nitrogens with two attached hydrogens (primary N) is 1. The van der Waals surface area contributed by atoms with Crippen molar-refractivity contribution < 1.29 is 9.90 Å². The van der Waals surface area contributed by atoms with Gasteiger partial charge in [-0.25, -0.2) is 0 Å². The van der Waals surface area contributed by atoms with Crippen LogP contribution in [0.1, 0.15) is 53.4 Å². The SMILES string of the molecule is CC(O)CCNC(=O)CCC(CCN)C(C)(C)C. The van der Waals surface area contributed by atoms with E-state index >= 15 is 0 Å². The number of rotatable bonds is 8. The molecule has 0 heterocycles. The van der Waals surface area contributed by atoms with Crippen LogP contribution in [-0.4, -0.2) is 30.2 Å². The van der Waals surface area contributed by atoms with E-state index in [9.17, 15) is 4.79 Å². The second-order valence-corrected chi connectivity index (χ2v) is 6.17. The summed E-state index contributed by atoms with van der Waals surface area (Å²) in [5.41, 5.74) is 5.81. The predicted molar refractivity (Wildman–Crippen MR) is 75.2 cm³/mol. The van der Waals surface area contributed by atoms with Crippen molar-refractivity contribution >= 4 is 5.91 Å². The van der Waals surface area contributed by atoms with E-state index in [4.69, 9.17) is 10.8 Å². The van der Waals surface area contributed by atoms with Crippen LogP contribution in [0.5, 0.6) is 0 Å². The summed E-state index contributed by atoms with van der Waals surface area (Å²) >= 11 is 0. The minimum Gasteiger partial charge on any atom is -0.393 e. The van der Waals surface area contributed by atoms with E-state index < -0.39 is 0 Å². The van der Waals surface area contributed by atoms with Gasteiger partial charge in [0.1, 0.15) is 0 Å². The average molecular weight is 258 g/mol. The fraction of sp³-hybridized carbons (Fsp3) is 0.929. The standard InChI is InChI=1S/C14H30N2O2/c1-11(17)8-10-16-13(18)6-5-12(7-9-15)14(2,3)4/h11-12,17H,5-10,15H2,1-4H3,(H,16,18). The zero-order valence-electron chi connectivity index (χ0n) is 12.3. The molecule has 0 spiro atoms. The van der Waals surface area contributed by atoms with Crippen molar-refractivity contribution in [2.45, 2.75) is 59.5 Å². The molecule has 4 N–H and O–H groups in total. The predicted octanol–water partition coefficient (Wildman–Crippen LogP) is 1.66. The Morgan fingerprint density at radius 1 is 1.28 bits per heavy atom. The van der Waals surface area contributed by atoms with Gasteiger partial charge < -0.3 is 16.2 Å². The third-order valence-electron chi connectivity index (χ3n) is 3.34. The molecule has 0 saturated heterocycles. The molecule has 4 nitrogen and oxygen atoms in total. The Morgan fingerprint density at radius 3 is 2.33 bits per heavy atom. The van der Waals surface area contributed by atoms with E-state index in [0.29, 0.717) is 31.8 Å². The van der Waals surface area contributed by atoms with Gasteiger partial charge in [0, 0.05) is 13.0 Å². The lowest BCUT2D eigenvalue weighted by atomic mass is 9.76. The molecule has 1 amide bonds. The molecule has 0 aliphatic rings. The minimum atomic E-state index is -0.357. The molecule has 2 unspecified atom stereocenters. The third kappa shape index (κ3) is 8.48. The maximum absolute atomic E-state index is 11.6. The van der Waals surface area contributed by atoms with E-state index in [1.165, 1.54) is 0 Å². The van der Waals surface area contributed by atoms with Crippen molar-refractivity contribution in [1.82, 2.24) is 5.32 Å². The second-order valence-electron chi connectivity index (χ2n) is 6.17. The van der Waals surface area contributed by atoms with Crippen LogP contribution in [0.4, 0.5) is 0 Å². The lowest BCUT2D eigenvalue weighted by Gasteiger charge is -2.30. The normalized spacial score (nSPS) is 15.2. The molecular weight excluding hydrogens is 228 g/mol. The highest BCUT2D eigenvalue weighted by Crippen LogP contribution is 2.31. The van der Waals surface area contributed by atoms with Crippen LogP contribution >= 0.6 is 0 Å². The van der Waals surface area contributed by atoms with Gasteiger partial charge in [0.25, 0.3) is 0 Å². The van der Waals surface area contributed by atoms with Crippen LogP contribution < -0.4 is 11.1 Å². The highest BCUT2D eigenvalue weighted by atomic mass is 16.3. The number of hydrogen-bond donors (Lipinski definition) is 3. The van der Waals surface area contributed by atoms with Crippen LogP contribution in [0, 0.1) is 11.3 Å². The number of aliphatic hydroxyl groups is 1. The third-order valence-corrected chi connectivity index (χ3v) is 3.34. The molecule has 4 heteroatoms. The summed E-state index contributed by atoms with van der Waals surface area (Å²) in [4.78, 5) is 11.6. The van der Waals surface area contributed by atoms with E-state index in [-0.39, 0.29) is 17.4 Å². The van der Waals surface area contributed by atoms with Crippen molar-refractivity contribution in [3.05, 3.63) is 0 Å².